The predicted octanol–water partition coefficient (Wildman–Crippen LogP) is 3.60. The molecular formula is C20H24N2O3. The summed E-state index contributed by atoms with van der Waals surface area (Å²) in [6.45, 7) is 1.50. The van der Waals surface area contributed by atoms with Crippen molar-refractivity contribution in [1.82, 2.24) is 4.90 Å². The fraction of sp³-hybridized carbons (Fsp3) is 0.350. The summed E-state index contributed by atoms with van der Waals surface area (Å²) in [5.41, 5.74) is 2.95. The maximum absolute atomic E-state index is 12.4. The highest BCUT2D eigenvalue weighted by Crippen LogP contribution is 2.24. The molecule has 0 aliphatic carbocycles. The molecule has 132 valence electrons. The summed E-state index contributed by atoms with van der Waals surface area (Å²) in [5.74, 6) is 1.02. The Morgan fingerprint density at radius 2 is 1.80 bits per heavy atom. The fourth-order valence-electron chi connectivity index (χ4n) is 3.13. The minimum atomic E-state index is -0.102. The molecule has 0 radical (unpaired) electrons. The third kappa shape index (κ3) is 4.31. The first-order chi connectivity index (χ1) is 12.2. The number of hydrogen-bond acceptors (Lipinski definition) is 3. The zero-order valence-electron chi connectivity index (χ0n) is 14.4. The van der Waals surface area contributed by atoms with E-state index in [-0.39, 0.29) is 18.6 Å². The number of likely N-dealkylation sites (tertiary alicyclic amines) is 1. The van der Waals surface area contributed by atoms with Crippen molar-refractivity contribution < 1.29 is 14.6 Å². The average Bonchev–Trinajstić information content (AvgIpc) is 2.68. The molecule has 1 heterocycles. The highest BCUT2D eigenvalue weighted by Gasteiger charge is 2.23. The van der Waals surface area contributed by atoms with Crippen LogP contribution in [0.2, 0.25) is 0 Å². The van der Waals surface area contributed by atoms with E-state index in [0.29, 0.717) is 6.54 Å². The van der Waals surface area contributed by atoms with Crippen LogP contribution >= 0.6 is 0 Å². The van der Waals surface area contributed by atoms with Crippen molar-refractivity contribution >= 4 is 11.7 Å². The quantitative estimate of drug-likeness (QED) is 0.894. The van der Waals surface area contributed by atoms with Gasteiger partial charge in [0, 0.05) is 25.4 Å². The molecule has 1 aliphatic heterocycles. The molecule has 0 bridgehead atoms. The number of aliphatic hydroxyl groups is 1. The number of carbonyl (C=O) groups is 1. The summed E-state index contributed by atoms with van der Waals surface area (Å²) in [7, 11) is 1.65. The van der Waals surface area contributed by atoms with Gasteiger partial charge in [0.2, 0.25) is 0 Å². The number of benzene rings is 2. The first-order valence-electron chi connectivity index (χ1n) is 8.61. The summed E-state index contributed by atoms with van der Waals surface area (Å²) in [6, 6.07) is 15.6. The van der Waals surface area contributed by atoms with Crippen LogP contribution in [0.3, 0.4) is 0 Å². The number of nitrogens with one attached hydrogen (secondary N) is 1. The molecule has 2 aromatic rings. The van der Waals surface area contributed by atoms with Crippen LogP contribution in [0.1, 0.15) is 12.8 Å². The van der Waals surface area contributed by atoms with Crippen LogP contribution in [0.15, 0.2) is 48.5 Å². The Morgan fingerprint density at radius 1 is 1.16 bits per heavy atom. The zero-order valence-corrected chi connectivity index (χ0v) is 14.4. The number of carbonyl (C=O) groups excluding carboxylic acids is 1. The van der Waals surface area contributed by atoms with Gasteiger partial charge in [-0.3, -0.25) is 0 Å². The maximum Gasteiger partial charge on any atom is 0.321 e. The largest absolute Gasteiger partial charge is 0.497 e. The van der Waals surface area contributed by atoms with Crippen LogP contribution in [0.5, 0.6) is 5.75 Å². The van der Waals surface area contributed by atoms with Crippen molar-refractivity contribution in [2.45, 2.75) is 12.8 Å². The minimum Gasteiger partial charge on any atom is -0.497 e. The zero-order chi connectivity index (χ0) is 17.6. The van der Waals surface area contributed by atoms with Crippen LogP contribution < -0.4 is 10.1 Å². The molecule has 1 saturated heterocycles. The van der Waals surface area contributed by atoms with E-state index in [2.05, 4.69) is 5.32 Å². The lowest BCUT2D eigenvalue weighted by molar-refractivity contribution is 0.136. The average molecular weight is 340 g/mol. The Kier molecular flexibility index (Phi) is 5.56. The number of nitrogens with zero attached hydrogens (tertiary/aromatic N) is 1. The molecule has 1 aliphatic rings. The molecule has 2 amide bonds. The molecule has 0 saturated carbocycles. The van der Waals surface area contributed by atoms with Crippen LogP contribution in [-0.4, -0.2) is 42.8 Å². The van der Waals surface area contributed by atoms with Gasteiger partial charge in [0.05, 0.1) is 7.11 Å². The Labute approximate surface area is 148 Å². The van der Waals surface area contributed by atoms with E-state index in [1.54, 1.807) is 12.0 Å². The maximum atomic E-state index is 12.4. The first kappa shape index (κ1) is 17.3. The lowest BCUT2D eigenvalue weighted by Gasteiger charge is -2.31. The third-order valence-electron chi connectivity index (χ3n) is 4.62. The van der Waals surface area contributed by atoms with Crippen molar-refractivity contribution in [3.05, 3.63) is 48.5 Å². The number of anilines is 1. The van der Waals surface area contributed by atoms with Gasteiger partial charge in [0.1, 0.15) is 5.75 Å². The molecule has 1 atom stereocenters. The highest BCUT2D eigenvalue weighted by atomic mass is 16.5. The Balaban J connectivity index is 1.62. The fourth-order valence-corrected chi connectivity index (χ4v) is 3.13. The molecule has 0 unspecified atom stereocenters. The Hall–Kier alpha value is -2.53. The van der Waals surface area contributed by atoms with E-state index in [9.17, 15) is 9.90 Å². The number of piperidine rings is 1. The lowest BCUT2D eigenvalue weighted by atomic mass is 9.99. The second-order valence-corrected chi connectivity index (χ2v) is 6.37. The first-order valence-corrected chi connectivity index (χ1v) is 8.61. The molecular weight excluding hydrogens is 316 g/mol. The van der Waals surface area contributed by atoms with Crippen LogP contribution in [-0.2, 0) is 0 Å². The molecule has 2 N–H and O–H groups in total. The summed E-state index contributed by atoms with van der Waals surface area (Å²) in [5, 5.41) is 12.2. The van der Waals surface area contributed by atoms with Gasteiger partial charge >= 0.3 is 6.03 Å². The summed E-state index contributed by atoms with van der Waals surface area (Å²) >= 11 is 0. The van der Waals surface area contributed by atoms with Gasteiger partial charge in [-0.25, -0.2) is 4.79 Å². The molecule has 1 fully saturated rings. The molecule has 25 heavy (non-hydrogen) atoms. The SMILES string of the molecule is COc1ccc(-c2ccc(NC(=O)N3CCC[C@H](CO)C3)cc2)cc1. The Morgan fingerprint density at radius 3 is 2.40 bits per heavy atom. The summed E-state index contributed by atoms with van der Waals surface area (Å²) in [6.07, 6.45) is 1.92. The molecule has 3 rings (SSSR count). The van der Waals surface area contributed by atoms with E-state index in [1.165, 1.54) is 0 Å². The van der Waals surface area contributed by atoms with Gasteiger partial charge in [0.15, 0.2) is 0 Å². The van der Waals surface area contributed by atoms with Gasteiger partial charge in [-0.2, -0.15) is 0 Å². The van der Waals surface area contributed by atoms with Gasteiger partial charge in [0.25, 0.3) is 0 Å². The molecule has 5 heteroatoms. The monoisotopic (exact) mass is 340 g/mol. The van der Waals surface area contributed by atoms with Crippen LogP contribution in [0.4, 0.5) is 10.5 Å². The van der Waals surface area contributed by atoms with Crippen molar-refractivity contribution in [3.63, 3.8) is 0 Å². The standard InChI is InChI=1S/C20H24N2O3/c1-25-19-10-6-17(7-11-19)16-4-8-18(9-5-16)21-20(24)22-12-2-3-15(13-22)14-23/h4-11,15,23H,2-3,12-14H2,1H3,(H,21,24)/t15-/m0/s1. The van der Waals surface area contributed by atoms with Crippen LogP contribution in [0.25, 0.3) is 11.1 Å². The lowest BCUT2D eigenvalue weighted by Crippen LogP contribution is -2.43. The van der Waals surface area contributed by atoms with Crippen molar-refractivity contribution in [3.8, 4) is 16.9 Å². The number of ether oxygens (including phenoxy) is 1. The molecule has 2 aromatic carbocycles. The minimum absolute atomic E-state index is 0.102. The predicted molar refractivity (Wildman–Crippen MR) is 98.8 cm³/mol. The van der Waals surface area contributed by atoms with E-state index in [0.717, 1.165) is 42.0 Å². The number of amides is 2. The van der Waals surface area contributed by atoms with E-state index < -0.39 is 0 Å². The van der Waals surface area contributed by atoms with Gasteiger partial charge < -0.3 is 20.1 Å². The highest BCUT2D eigenvalue weighted by molar-refractivity contribution is 5.89. The van der Waals surface area contributed by atoms with Crippen molar-refractivity contribution in [1.29, 1.82) is 0 Å². The summed E-state index contributed by atoms with van der Waals surface area (Å²) < 4.78 is 5.17. The third-order valence-corrected chi connectivity index (χ3v) is 4.62. The number of methoxy groups -OCH3 is 1. The number of urea groups is 1. The van der Waals surface area contributed by atoms with E-state index in [1.807, 2.05) is 48.5 Å². The normalized spacial score (nSPS) is 17.2. The van der Waals surface area contributed by atoms with Crippen molar-refractivity contribution in [2.75, 3.05) is 32.1 Å². The topological polar surface area (TPSA) is 61.8 Å². The summed E-state index contributed by atoms with van der Waals surface area (Å²) in [4.78, 5) is 14.2. The van der Waals surface area contributed by atoms with E-state index >= 15 is 0 Å². The second kappa shape index (κ2) is 8.03. The Bertz CT molecular complexity index is 698. The van der Waals surface area contributed by atoms with Crippen molar-refractivity contribution in [2.24, 2.45) is 5.92 Å². The number of hydrogen-bond donors (Lipinski definition) is 2. The van der Waals surface area contributed by atoms with E-state index in [4.69, 9.17) is 4.74 Å². The van der Waals surface area contributed by atoms with Gasteiger partial charge in [-0.1, -0.05) is 24.3 Å². The molecule has 5 nitrogen and oxygen atoms in total. The number of rotatable bonds is 4. The van der Waals surface area contributed by atoms with Gasteiger partial charge in [-0.05, 0) is 54.2 Å². The van der Waals surface area contributed by atoms with Gasteiger partial charge in [-0.15, -0.1) is 0 Å². The smallest absolute Gasteiger partial charge is 0.321 e. The van der Waals surface area contributed by atoms with Crippen LogP contribution in [0, 0.1) is 5.92 Å². The molecule has 0 aromatic heterocycles. The second-order valence-electron chi connectivity index (χ2n) is 6.37. The molecule has 0 spiro atoms. The number of aliphatic hydroxyl groups excluding tert-OH is 1.